The Labute approximate surface area is 115 Å². The third-order valence-corrected chi connectivity index (χ3v) is 2.86. The van der Waals surface area contributed by atoms with Gasteiger partial charge in [-0.15, -0.1) is 6.58 Å². The van der Waals surface area contributed by atoms with Crippen LogP contribution in [0.1, 0.15) is 18.0 Å². The Balaban J connectivity index is 2.44. The van der Waals surface area contributed by atoms with E-state index in [1.165, 1.54) is 24.2 Å². The van der Waals surface area contributed by atoms with Crippen molar-refractivity contribution in [3.63, 3.8) is 0 Å². The molecular weight excluding hydrogens is 260 g/mol. The Bertz CT molecular complexity index is 624. The molecule has 0 aromatic carbocycles. The first-order valence-corrected chi connectivity index (χ1v) is 5.95. The summed E-state index contributed by atoms with van der Waals surface area (Å²) in [5, 5.41) is 14.8. The summed E-state index contributed by atoms with van der Waals surface area (Å²) in [4.78, 5) is 14.4. The van der Waals surface area contributed by atoms with Gasteiger partial charge in [0, 0.05) is 11.8 Å². The summed E-state index contributed by atoms with van der Waals surface area (Å²) in [6.45, 7) is 3.71. The van der Waals surface area contributed by atoms with Crippen molar-refractivity contribution < 1.29 is 9.66 Å². The zero-order valence-electron chi connectivity index (χ0n) is 11.0. The molecular formula is C13H14N4O3. The first-order chi connectivity index (χ1) is 9.67. The van der Waals surface area contributed by atoms with Gasteiger partial charge < -0.3 is 4.74 Å². The normalized spacial score (nSPS) is 11.8. The molecule has 0 saturated heterocycles. The lowest BCUT2D eigenvalue weighted by molar-refractivity contribution is -0.385. The highest BCUT2D eigenvalue weighted by atomic mass is 16.6. The van der Waals surface area contributed by atoms with Gasteiger partial charge in [-0.3, -0.25) is 14.8 Å². The van der Waals surface area contributed by atoms with Gasteiger partial charge in [-0.25, -0.2) is 4.98 Å². The van der Waals surface area contributed by atoms with Crippen LogP contribution in [0.5, 0.6) is 5.88 Å². The summed E-state index contributed by atoms with van der Waals surface area (Å²) in [6.07, 6.45) is 6.52. The molecule has 2 rings (SSSR count). The van der Waals surface area contributed by atoms with Crippen LogP contribution < -0.4 is 4.74 Å². The first kappa shape index (κ1) is 13.7. The van der Waals surface area contributed by atoms with Gasteiger partial charge >= 0.3 is 5.69 Å². The molecule has 0 saturated carbocycles. The van der Waals surface area contributed by atoms with Crippen molar-refractivity contribution >= 4 is 5.69 Å². The van der Waals surface area contributed by atoms with Crippen LogP contribution in [0.15, 0.2) is 43.4 Å². The highest BCUT2D eigenvalue weighted by Crippen LogP contribution is 2.29. The van der Waals surface area contributed by atoms with Gasteiger partial charge in [-0.2, -0.15) is 5.10 Å². The Hall–Kier alpha value is -2.70. The Morgan fingerprint density at radius 2 is 2.45 bits per heavy atom. The monoisotopic (exact) mass is 274 g/mol. The number of hydrogen-bond acceptors (Lipinski definition) is 5. The van der Waals surface area contributed by atoms with E-state index in [4.69, 9.17) is 4.74 Å². The fraction of sp³-hybridized carbons (Fsp3) is 0.231. The molecule has 0 amide bonds. The molecule has 0 aliphatic heterocycles. The zero-order valence-corrected chi connectivity index (χ0v) is 11.0. The molecule has 1 atom stereocenters. The van der Waals surface area contributed by atoms with Gasteiger partial charge in [0.1, 0.15) is 12.4 Å². The van der Waals surface area contributed by atoms with Crippen LogP contribution in [0.2, 0.25) is 0 Å². The van der Waals surface area contributed by atoms with E-state index in [9.17, 15) is 10.1 Å². The maximum atomic E-state index is 10.7. The summed E-state index contributed by atoms with van der Waals surface area (Å²) < 4.78 is 6.76. The van der Waals surface area contributed by atoms with E-state index in [1.807, 2.05) is 6.07 Å². The second-order valence-corrected chi connectivity index (χ2v) is 4.08. The van der Waals surface area contributed by atoms with Crippen molar-refractivity contribution in [3.8, 4) is 5.88 Å². The van der Waals surface area contributed by atoms with Crippen LogP contribution in [-0.2, 0) is 0 Å². The topological polar surface area (TPSA) is 83.1 Å². The average Bonchev–Trinajstić information content (AvgIpc) is 2.94. The fourth-order valence-electron chi connectivity index (χ4n) is 1.96. The average molecular weight is 274 g/mol. The number of nitro groups is 1. The molecule has 7 nitrogen and oxygen atoms in total. The van der Waals surface area contributed by atoms with Gasteiger partial charge in [0.25, 0.3) is 0 Å². The standard InChI is InChI=1S/C13H14N4O3/c1-3-5-12(11-6-4-7-14-13(11)20-2)16-9-10(8-15-16)17(18)19/h3-4,6-9,12H,1,5H2,2H3. The molecule has 20 heavy (non-hydrogen) atoms. The molecule has 0 fully saturated rings. The van der Waals surface area contributed by atoms with Crippen molar-refractivity contribution in [2.75, 3.05) is 7.11 Å². The molecule has 0 bridgehead atoms. The van der Waals surface area contributed by atoms with Gasteiger partial charge in [0.2, 0.25) is 5.88 Å². The molecule has 7 heteroatoms. The molecule has 2 aromatic heterocycles. The second kappa shape index (κ2) is 5.96. The summed E-state index contributed by atoms with van der Waals surface area (Å²) >= 11 is 0. The number of hydrogen-bond donors (Lipinski definition) is 0. The van der Waals surface area contributed by atoms with E-state index in [0.29, 0.717) is 12.3 Å². The molecule has 2 aromatic rings. The maximum absolute atomic E-state index is 10.7. The lowest BCUT2D eigenvalue weighted by atomic mass is 10.1. The van der Waals surface area contributed by atoms with E-state index in [0.717, 1.165) is 5.56 Å². The maximum Gasteiger partial charge on any atom is 0.307 e. The van der Waals surface area contributed by atoms with Crippen molar-refractivity contribution in [3.05, 3.63) is 59.1 Å². The van der Waals surface area contributed by atoms with Gasteiger partial charge in [0.05, 0.1) is 18.1 Å². The smallest absolute Gasteiger partial charge is 0.307 e. The van der Waals surface area contributed by atoms with Gasteiger partial charge in [-0.1, -0.05) is 6.08 Å². The number of nitrogens with zero attached hydrogens (tertiary/aromatic N) is 4. The van der Waals surface area contributed by atoms with E-state index >= 15 is 0 Å². The lowest BCUT2D eigenvalue weighted by Crippen LogP contribution is -2.12. The molecule has 0 spiro atoms. The fourth-order valence-corrected chi connectivity index (χ4v) is 1.96. The highest BCUT2D eigenvalue weighted by molar-refractivity contribution is 5.31. The number of allylic oxidation sites excluding steroid dienone is 1. The molecule has 0 aliphatic carbocycles. The molecule has 0 radical (unpaired) electrons. The molecule has 0 N–H and O–H groups in total. The van der Waals surface area contributed by atoms with Crippen molar-refractivity contribution in [2.45, 2.75) is 12.5 Å². The predicted octanol–water partition coefficient (Wildman–Crippen LogP) is 2.36. The van der Waals surface area contributed by atoms with Crippen molar-refractivity contribution in [1.29, 1.82) is 0 Å². The van der Waals surface area contributed by atoms with Gasteiger partial charge in [-0.05, 0) is 18.6 Å². The number of aromatic nitrogens is 3. The molecule has 104 valence electrons. The van der Waals surface area contributed by atoms with E-state index in [1.54, 1.807) is 18.3 Å². The van der Waals surface area contributed by atoms with Crippen molar-refractivity contribution in [2.24, 2.45) is 0 Å². The minimum atomic E-state index is -0.477. The Morgan fingerprint density at radius 3 is 3.05 bits per heavy atom. The Kier molecular flexibility index (Phi) is 4.09. The number of ether oxygens (including phenoxy) is 1. The largest absolute Gasteiger partial charge is 0.481 e. The highest BCUT2D eigenvalue weighted by Gasteiger charge is 2.20. The quantitative estimate of drug-likeness (QED) is 0.458. The first-order valence-electron chi connectivity index (χ1n) is 5.95. The number of methoxy groups -OCH3 is 1. The second-order valence-electron chi connectivity index (χ2n) is 4.08. The Morgan fingerprint density at radius 1 is 1.65 bits per heavy atom. The number of pyridine rings is 1. The van der Waals surface area contributed by atoms with Crippen LogP contribution in [0.4, 0.5) is 5.69 Å². The van der Waals surface area contributed by atoms with Crippen LogP contribution in [0.25, 0.3) is 0 Å². The third kappa shape index (κ3) is 2.66. The van der Waals surface area contributed by atoms with E-state index in [-0.39, 0.29) is 11.7 Å². The third-order valence-electron chi connectivity index (χ3n) is 2.86. The summed E-state index contributed by atoms with van der Waals surface area (Å²) in [5.41, 5.74) is 0.745. The summed E-state index contributed by atoms with van der Waals surface area (Å²) in [5.74, 6) is 0.470. The SMILES string of the molecule is C=CCC(c1cccnc1OC)n1cc([N+](=O)[O-])cn1. The molecule has 2 heterocycles. The van der Waals surface area contributed by atoms with E-state index < -0.39 is 4.92 Å². The number of rotatable bonds is 6. The predicted molar refractivity (Wildman–Crippen MR) is 72.6 cm³/mol. The van der Waals surface area contributed by atoms with Crippen LogP contribution in [0, 0.1) is 10.1 Å². The minimum absolute atomic E-state index is 0.0538. The van der Waals surface area contributed by atoms with Crippen LogP contribution in [-0.4, -0.2) is 26.8 Å². The summed E-state index contributed by atoms with van der Waals surface area (Å²) in [6, 6.07) is 3.39. The van der Waals surface area contributed by atoms with Crippen LogP contribution >= 0.6 is 0 Å². The summed E-state index contributed by atoms with van der Waals surface area (Å²) in [7, 11) is 1.53. The molecule has 1 unspecified atom stereocenters. The lowest BCUT2D eigenvalue weighted by Gasteiger charge is -2.17. The zero-order chi connectivity index (χ0) is 14.5. The van der Waals surface area contributed by atoms with Crippen molar-refractivity contribution in [1.82, 2.24) is 14.8 Å². The van der Waals surface area contributed by atoms with E-state index in [2.05, 4.69) is 16.7 Å². The molecule has 0 aliphatic rings. The minimum Gasteiger partial charge on any atom is -0.481 e. The van der Waals surface area contributed by atoms with Gasteiger partial charge in [0.15, 0.2) is 0 Å². The van der Waals surface area contributed by atoms with Crippen LogP contribution in [0.3, 0.4) is 0 Å².